The first-order valence-electron chi connectivity index (χ1n) is 11.6. The molecular weight excluding hydrogens is 456 g/mol. The van der Waals surface area contributed by atoms with Crippen LogP contribution in [-0.2, 0) is 4.74 Å². The number of fused-ring (bicyclic) bond motifs is 1. The van der Waals surface area contributed by atoms with Gasteiger partial charge in [-0.25, -0.2) is 4.98 Å². The fourth-order valence-electron chi connectivity index (χ4n) is 4.17. The van der Waals surface area contributed by atoms with Crippen LogP contribution in [0.4, 0.5) is 11.7 Å². The average Bonchev–Trinajstić information content (AvgIpc) is 3.38. The third-order valence-corrected chi connectivity index (χ3v) is 5.97. The van der Waals surface area contributed by atoms with Gasteiger partial charge in [0.25, 0.3) is 11.9 Å². The van der Waals surface area contributed by atoms with Gasteiger partial charge in [0.15, 0.2) is 5.58 Å². The van der Waals surface area contributed by atoms with E-state index in [2.05, 4.69) is 25.2 Å². The molecule has 5 aromatic rings. The van der Waals surface area contributed by atoms with Crippen molar-refractivity contribution in [3.63, 3.8) is 0 Å². The summed E-state index contributed by atoms with van der Waals surface area (Å²) in [5.41, 5.74) is 5.54. The molecule has 0 bridgehead atoms. The molecule has 36 heavy (non-hydrogen) atoms. The Bertz CT molecular complexity index is 1520. The molecule has 0 unspecified atom stereocenters. The number of rotatable bonds is 5. The number of anilines is 2. The molecule has 9 nitrogen and oxygen atoms in total. The number of hydrogen-bond acceptors (Lipinski definition) is 8. The van der Waals surface area contributed by atoms with Crippen LogP contribution in [0.5, 0.6) is 0 Å². The minimum atomic E-state index is -0.321. The summed E-state index contributed by atoms with van der Waals surface area (Å²) in [6.07, 6.45) is 6.85. The Labute approximate surface area is 206 Å². The van der Waals surface area contributed by atoms with Gasteiger partial charge in [0, 0.05) is 60.8 Å². The predicted molar refractivity (Wildman–Crippen MR) is 136 cm³/mol. The molecule has 1 saturated heterocycles. The zero-order valence-electron chi connectivity index (χ0n) is 19.3. The highest BCUT2D eigenvalue weighted by atomic mass is 16.5. The summed E-state index contributed by atoms with van der Waals surface area (Å²) in [7, 11) is 0. The molecule has 0 saturated carbocycles. The van der Waals surface area contributed by atoms with Crippen LogP contribution in [-0.4, -0.2) is 52.1 Å². The highest BCUT2D eigenvalue weighted by Gasteiger charge is 2.20. The van der Waals surface area contributed by atoms with E-state index in [4.69, 9.17) is 14.1 Å². The summed E-state index contributed by atoms with van der Waals surface area (Å²) < 4.78 is 11.6. The molecule has 5 heterocycles. The van der Waals surface area contributed by atoms with Crippen LogP contribution in [0.1, 0.15) is 10.5 Å². The van der Waals surface area contributed by atoms with Crippen LogP contribution < -0.4 is 10.2 Å². The molecule has 1 fully saturated rings. The van der Waals surface area contributed by atoms with Crippen molar-refractivity contribution < 1.29 is 13.9 Å². The molecule has 1 aliphatic heterocycles. The molecule has 0 spiro atoms. The van der Waals surface area contributed by atoms with Gasteiger partial charge in [-0.2, -0.15) is 4.98 Å². The van der Waals surface area contributed by atoms with Crippen molar-refractivity contribution in [3.8, 4) is 22.4 Å². The van der Waals surface area contributed by atoms with Gasteiger partial charge in [-0.1, -0.05) is 6.07 Å². The average molecular weight is 479 g/mol. The van der Waals surface area contributed by atoms with E-state index >= 15 is 0 Å². The van der Waals surface area contributed by atoms with Crippen molar-refractivity contribution in [1.29, 1.82) is 0 Å². The molecule has 1 N–H and O–H groups in total. The Morgan fingerprint density at radius 3 is 2.33 bits per heavy atom. The number of carbonyl (C=O) groups excluding carboxylic acids is 1. The Kier molecular flexibility index (Phi) is 5.80. The van der Waals surface area contributed by atoms with Crippen molar-refractivity contribution in [2.24, 2.45) is 0 Å². The van der Waals surface area contributed by atoms with E-state index in [0.717, 1.165) is 22.2 Å². The second-order valence-corrected chi connectivity index (χ2v) is 8.30. The van der Waals surface area contributed by atoms with Crippen LogP contribution in [0, 0.1) is 0 Å². The number of nitrogens with one attached hydrogen (secondary N) is 1. The number of amides is 1. The second-order valence-electron chi connectivity index (χ2n) is 8.30. The summed E-state index contributed by atoms with van der Waals surface area (Å²) in [5, 5.41) is 2.98. The van der Waals surface area contributed by atoms with Crippen molar-refractivity contribution >= 4 is 28.7 Å². The van der Waals surface area contributed by atoms with Gasteiger partial charge in [-0.15, -0.1) is 0 Å². The maximum Gasteiger partial charge on any atom is 0.298 e. The number of benzene rings is 1. The SMILES string of the molecule is O=C(Nc1cc(-c2ccncc2)c2nc(N3CCOCC3)oc2c1)c1cccc(-c2ccncc2)n1. The van der Waals surface area contributed by atoms with Gasteiger partial charge in [-0.3, -0.25) is 14.8 Å². The summed E-state index contributed by atoms with van der Waals surface area (Å²) in [6.45, 7) is 2.67. The van der Waals surface area contributed by atoms with Crippen LogP contribution >= 0.6 is 0 Å². The van der Waals surface area contributed by atoms with Gasteiger partial charge in [0.05, 0.1) is 18.9 Å². The van der Waals surface area contributed by atoms with Gasteiger partial charge in [-0.05, 0) is 48.0 Å². The topological polar surface area (TPSA) is 106 Å². The number of carbonyl (C=O) groups is 1. The third-order valence-electron chi connectivity index (χ3n) is 5.97. The fourth-order valence-corrected chi connectivity index (χ4v) is 4.17. The normalized spacial score (nSPS) is 13.6. The van der Waals surface area contributed by atoms with E-state index in [1.807, 2.05) is 42.5 Å². The van der Waals surface area contributed by atoms with Gasteiger partial charge in [0.2, 0.25) is 0 Å². The van der Waals surface area contributed by atoms with E-state index in [0.29, 0.717) is 55.0 Å². The molecule has 1 amide bonds. The first-order chi connectivity index (χ1) is 17.7. The molecule has 1 aromatic carbocycles. The lowest BCUT2D eigenvalue weighted by Gasteiger charge is -2.24. The maximum absolute atomic E-state index is 13.2. The minimum absolute atomic E-state index is 0.307. The number of oxazole rings is 1. The summed E-state index contributed by atoms with van der Waals surface area (Å²) in [6, 6.07) is 17.1. The second kappa shape index (κ2) is 9.55. The molecule has 1 aliphatic rings. The monoisotopic (exact) mass is 478 g/mol. The van der Waals surface area contributed by atoms with Crippen LogP contribution in [0.15, 0.2) is 83.8 Å². The zero-order chi connectivity index (χ0) is 24.3. The van der Waals surface area contributed by atoms with Gasteiger partial charge in [0.1, 0.15) is 11.2 Å². The van der Waals surface area contributed by atoms with E-state index in [9.17, 15) is 4.79 Å². The Hall–Kier alpha value is -4.63. The lowest BCUT2D eigenvalue weighted by molar-refractivity contribution is 0.102. The summed E-state index contributed by atoms with van der Waals surface area (Å²) in [5.74, 6) is -0.321. The first kappa shape index (κ1) is 21.9. The number of pyridine rings is 3. The fraction of sp³-hybridized carbons (Fsp3) is 0.148. The standard InChI is InChI=1S/C27H22N6O3/c34-26(23-3-1-2-22(31-23)19-6-10-29-11-7-19)30-20-16-21(18-4-8-28-9-5-18)25-24(17-20)36-27(32-25)33-12-14-35-15-13-33/h1-11,16-17H,12-15H2,(H,30,34). The number of aromatic nitrogens is 4. The first-order valence-corrected chi connectivity index (χ1v) is 11.6. The van der Waals surface area contributed by atoms with Crippen molar-refractivity contribution in [3.05, 3.63) is 85.1 Å². The summed E-state index contributed by atoms with van der Waals surface area (Å²) >= 11 is 0. The van der Waals surface area contributed by atoms with Crippen molar-refractivity contribution in [2.45, 2.75) is 0 Å². The Balaban J connectivity index is 1.36. The van der Waals surface area contributed by atoms with E-state index in [1.165, 1.54) is 0 Å². The third kappa shape index (κ3) is 4.39. The molecule has 6 rings (SSSR count). The highest BCUT2D eigenvalue weighted by molar-refractivity contribution is 6.05. The van der Waals surface area contributed by atoms with Crippen LogP contribution in [0.2, 0.25) is 0 Å². The van der Waals surface area contributed by atoms with Gasteiger partial charge < -0.3 is 19.4 Å². The molecular formula is C27H22N6O3. The van der Waals surface area contributed by atoms with E-state index in [1.54, 1.807) is 36.9 Å². The highest BCUT2D eigenvalue weighted by Crippen LogP contribution is 2.34. The summed E-state index contributed by atoms with van der Waals surface area (Å²) in [4.78, 5) is 32.7. The van der Waals surface area contributed by atoms with E-state index in [-0.39, 0.29) is 5.91 Å². The molecule has 4 aromatic heterocycles. The predicted octanol–water partition coefficient (Wildman–Crippen LogP) is 4.44. The molecule has 0 aliphatic carbocycles. The lowest BCUT2D eigenvalue weighted by Crippen LogP contribution is -2.36. The number of hydrogen-bond donors (Lipinski definition) is 1. The van der Waals surface area contributed by atoms with E-state index < -0.39 is 0 Å². The molecule has 9 heteroatoms. The molecule has 0 atom stereocenters. The lowest BCUT2D eigenvalue weighted by atomic mass is 10.0. The van der Waals surface area contributed by atoms with Crippen LogP contribution in [0.3, 0.4) is 0 Å². The molecule has 0 radical (unpaired) electrons. The van der Waals surface area contributed by atoms with Crippen molar-refractivity contribution in [1.82, 2.24) is 19.9 Å². The van der Waals surface area contributed by atoms with Crippen LogP contribution in [0.25, 0.3) is 33.5 Å². The quantitative estimate of drug-likeness (QED) is 0.395. The van der Waals surface area contributed by atoms with Gasteiger partial charge >= 0.3 is 0 Å². The smallest absolute Gasteiger partial charge is 0.298 e. The zero-order valence-corrected chi connectivity index (χ0v) is 19.3. The Morgan fingerprint density at radius 2 is 1.58 bits per heavy atom. The molecule has 178 valence electrons. The largest absolute Gasteiger partial charge is 0.423 e. The number of morpholine rings is 1. The number of ether oxygens (including phenoxy) is 1. The maximum atomic E-state index is 13.2. The minimum Gasteiger partial charge on any atom is -0.423 e. The van der Waals surface area contributed by atoms with Crippen molar-refractivity contribution in [2.75, 3.05) is 36.5 Å². The number of nitrogens with zero attached hydrogens (tertiary/aromatic N) is 5. The Morgan fingerprint density at radius 1 is 0.861 bits per heavy atom.